The summed E-state index contributed by atoms with van der Waals surface area (Å²) in [4.78, 5) is 32.7. The van der Waals surface area contributed by atoms with Crippen molar-refractivity contribution in [1.29, 1.82) is 0 Å². The minimum atomic E-state index is -0.303. The van der Waals surface area contributed by atoms with Crippen LogP contribution in [-0.4, -0.2) is 36.3 Å². The molecule has 3 aromatic heterocycles. The average Bonchev–Trinajstić information content (AvgIpc) is 3.29. The van der Waals surface area contributed by atoms with Crippen molar-refractivity contribution in [3.8, 4) is 0 Å². The Bertz CT molecular complexity index is 1020. The van der Waals surface area contributed by atoms with E-state index in [-0.39, 0.29) is 18.0 Å². The summed E-state index contributed by atoms with van der Waals surface area (Å²) < 4.78 is 2.99. The maximum atomic E-state index is 12.4. The third-order valence-electron chi connectivity index (χ3n) is 4.13. The Hall–Kier alpha value is -3.36. The third kappa shape index (κ3) is 2.80. The minimum Gasteiger partial charge on any atom is -0.304 e. The van der Waals surface area contributed by atoms with Crippen LogP contribution < -0.4 is 11.0 Å². The number of carbonyl (C=O) groups excluding carboxylic acids is 1. The highest BCUT2D eigenvalue weighted by atomic mass is 16.2. The minimum absolute atomic E-state index is 0.0230. The molecule has 0 bridgehead atoms. The molecule has 0 atom stereocenters. The van der Waals surface area contributed by atoms with Gasteiger partial charge in [0, 0.05) is 29.2 Å². The van der Waals surface area contributed by atoms with Crippen LogP contribution in [0.5, 0.6) is 0 Å². The number of hydrogen-bond donors (Lipinski definition) is 1. The van der Waals surface area contributed by atoms with Crippen LogP contribution in [0.1, 0.15) is 23.2 Å². The van der Waals surface area contributed by atoms with Gasteiger partial charge in [0.25, 0.3) is 11.5 Å². The van der Waals surface area contributed by atoms with E-state index >= 15 is 0 Å². The number of carbonyl (C=O) groups is 1. The van der Waals surface area contributed by atoms with Gasteiger partial charge in [-0.15, -0.1) is 0 Å². The molecule has 1 N–H and O–H groups in total. The van der Waals surface area contributed by atoms with Gasteiger partial charge in [-0.1, -0.05) is 6.07 Å². The summed E-state index contributed by atoms with van der Waals surface area (Å²) in [5.41, 5.74) is 4.70. The fourth-order valence-electron chi connectivity index (χ4n) is 3.04. The van der Waals surface area contributed by atoms with Crippen molar-refractivity contribution in [2.75, 3.05) is 0 Å². The Kier molecular flexibility index (Phi) is 3.81. The molecular formula is C16H15N7O2. The molecule has 9 heteroatoms. The van der Waals surface area contributed by atoms with Crippen LogP contribution in [-0.2, 0) is 24.2 Å². The molecule has 126 valence electrons. The molecule has 0 aliphatic heterocycles. The van der Waals surface area contributed by atoms with Gasteiger partial charge in [-0.2, -0.15) is 19.7 Å². The second kappa shape index (κ2) is 6.27. The number of fused-ring (bicyclic) bond motifs is 2. The van der Waals surface area contributed by atoms with E-state index in [0.717, 1.165) is 24.1 Å². The number of nitrogens with zero attached hydrogens (tertiary/aromatic N) is 6. The zero-order valence-corrected chi connectivity index (χ0v) is 13.3. The van der Waals surface area contributed by atoms with E-state index in [1.807, 2.05) is 6.07 Å². The van der Waals surface area contributed by atoms with E-state index in [1.54, 1.807) is 23.0 Å². The number of aromatic nitrogens is 5. The van der Waals surface area contributed by atoms with Crippen molar-refractivity contribution in [2.45, 2.75) is 25.8 Å². The highest BCUT2D eigenvalue weighted by molar-refractivity contribution is 5.82. The maximum Gasteiger partial charge on any atom is 0.279 e. The molecule has 25 heavy (non-hydrogen) atoms. The maximum absolute atomic E-state index is 12.4. The highest BCUT2D eigenvalue weighted by Gasteiger charge is 2.23. The molecule has 0 saturated carbocycles. The smallest absolute Gasteiger partial charge is 0.279 e. The van der Waals surface area contributed by atoms with Gasteiger partial charge < -0.3 is 4.57 Å². The fourth-order valence-corrected chi connectivity index (χ4v) is 3.04. The summed E-state index contributed by atoms with van der Waals surface area (Å²) in [6.07, 6.45) is 8.48. The van der Waals surface area contributed by atoms with Crippen LogP contribution in [0.15, 0.2) is 40.7 Å². The molecule has 4 rings (SSSR count). The van der Waals surface area contributed by atoms with Crippen molar-refractivity contribution >= 4 is 17.9 Å². The number of hydrazone groups is 1. The third-order valence-corrected chi connectivity index (χ3v) is 4.13. The zero-order valence-electron chi connectivity index (χ0n) is 13.3. The Morgan fingerprint density at radius 2 is 2.32 bits per heavy atom. The van der Waals surface area contributed by atoms with E-state index in [1.165, 1.54) is 17.1 Å². The topological polar surface area (TPSA) is 107 Å². The van der Waals surface area contributed by atoms with Crippen LogP contribution in [0.3, 0.4) is 0 Å². The molecule has 0 fully saturated rings. The molecule has 0 radical (unpaired) electrons. The predicted molar refractivity (Wildman–Crippen MR) is 89.2 cm³/mol. The molecule has 0 aromatic carbocycles. The Balaban J connectivity index is 1.58. The first kappa shape index (κ1) is 15.2. The molecule has 9 nitrogen and oxygen atoms in total. The highest BCUT2D eigenvalue weighted by Crippen LogP contribution is 2.19. The number of nitrogens with one attached hydrogen (secondary N) is 1. The predicted octanol–water partition coefficient (Wildman–Crippen LogP) is -0.0750. The molecule has 1 aliphatic rings. The second-order valence-electron chi connectivity index (χ2n) is 5.72. The largest absolute Gasteiger partial charge is 0.304 e. The van der Waals surface area contributed by atoms with E-state index in [9.17, 15) is 9.59 Å². The Morgan fingerprint density at radius 1 is 1.40 bits per heavy atom. The first-order chi connectivity index (χ1) is 12.2. The van der Waals surface area contributed by atoms with Crippen molar-refractivity contribution in [1.82, 2.24) is 29.6 Å². The van der Waals surface area contributed by atoms with E-state index in [2.05, 4.69) is 25.6 Å². The van der Waals surface area contributed by atoms with E-state index in [4.69, 9.17) is 0 Å². The lowest BCUT2D eigenvalue weighted by Crippen LogP contribution is -2.30. The number of hydrogen-bond acceptors (Lipinski definition) is 6. The van der Waals surface area contributed by atoms with Crippen LogP contribution in [0, 0.1) is 0 Å². The number of amides is 1. The van der Waals surface area contributed by atoms with Gasteiger partial charge >= 0.3 is 0 Å². The van der Waals surface area contributed by atoms with Gasteiger partial charge in [-0.3, -0.25) is 14.6 Å². The average molecular weight is 337 g/mol. The molecule has 0 saturated heterocycles. The van der Waals surface area contributed by atoms with Crippen LogP contribution in [0.25, 0.3) is 5.78 Å². The Labute approximate surface area is 142 Å². The summed E-state index contributed by atoms with van der Waals surface area (Å²) in [7, 11) is 0. The Morgan fingerprint density at radius 3 is 3.16 bits per heavy atom. The molecular weight excluding hydrogens is 322 g/mol. The normalized spacial score (nSPS) is 13.4. The van der Waals surface area contributed by atoms with Crippen LogP contribution >= 0.6 is 0 Å². The van der Waals surface area contributed by atoms with Gasteiger partial charge in [0.05, 0.1) is 6.21 Å². The first-order valence-corrected chi connectivity index (χ1v) is 7.90. The van der Waals surface area contributed by atoms with Crippen molar-refractivity contribution < 1.29 is 4.79 Å². The monoisotopic (exact) mass is 337 g/mol. The van der Waals surface area contributed by atoms with Crippen molar-refractivity contribution in [3.05, 3.63) is 58.0 Å². The zero-order chi connectivity index (χ0) is 17.2. The van der Waals surface area contributed by atoms with Crippen molar-refractivity contribution in [3.63, 3.8) is 0 Å². The molecule has 0 unspecified atom stereocenters. The first-order valence-electron chi connectivity index (χ1n) is 7.90. The number of pyridine rings is 1. The van der Waals surface area contributed by atoms with Gasteiger partial charge in [-0.05, 0) is 25.3 Å². The lowest BCUT2D eigenvalue weighted by atomic mass is 10.2. The number of rotatable bonds is 4. The van der Waals surface area contributed by atoms with Crippen LogP contribution in [0.2, 0.25) is 0 Å². The van der Waals surface area contributed by atoms with E-state index < -0.39 is 0 Å². The SMILES string of the molecule is O=C(Cn1c2c(c(=O)n3ncnc13)CCC2)NN=Cc1cccnc1. The summed E-state index contributed by atoms with van der Waals surface area (Å²) in [5.74, 6) is 0.0693. The van der Waals surface area contributed by atoms with E-state index in [0.29, 0.717) is 17.8 Å². The van der Waals surface area contributed by atoms with Gasteiger partial charge in [0.2, 0.25) is 5.78 Å². The van der Waals surface area contributed by atoms with Gasteiger partial charge in [0.15, 0.2) is 0 Å². The van der Waals surface area contributed by atoms with Crippen molar-refractivity contribution in [2.24, 2.45) is 5.10 Å². The van der Waals surface area contributed by atoms with Gasteiger partial charge in [-0.25, -0.2) is 5.43 Å². The molecule has 3 heterocycles. The van der Waals surface area contributed by atoms with Crippen LogP contribution in [0.4, 0.5) is 0 Å². The summed E-state index contributed by atoms with van der Waals surface area (Å²) in [6, 6.07) is 3.62. The quantitative estimate of drug-likeness (QED) is 0.529. The second-order valence-corrected chi connectivity index (χ2v) is 5.72. The summed E-state index contributed by atoms with van der Waals surface area (Å²) in [5, 5.41) is 7.90. The lowest BCUT2D eigenvalue weighted by molar-refractivity contribution is -0.121. The fraction of sp³-hybridized carbons (Fsp3) is 0.250. The molecule has 1 amide bonds. The summed E-state index contributed by atoms with van der Waals surface area (Å²) >= 11 is 0. The lowest BCUT2D eigenvalue weighted by Gasteiger charge is -2.12. The molecule has 3 aromatic rings. The standard InChI is InChI=1S/C16H15N7O2/c24-14(21-19-8-11-3-2-6-17-7-11)9-22-13-5-1-4-12(13)15(25)23-16(22)18-10-20-23/h2-3,6-8,10H,1,4-5,9H2,(H,21,24). The molecule has 0 spiro atoms. The summed E-state index contributed by atoms with van der Waals surface area (Å²) in [6.45, 7) is 0.0230. The molecule has 1 aliphatic carbocycles. The van der Waals surface area contributed by atoms with Gasteiger partial charge in [0.1, 0.15) is 12.9 Å².